The fourth-order valence-electron chi connectivity index (χ4n) is 3.70. The number of nitrogens with two attached hydrogens (primary N) is 1. The van der Waals surface area contributed by atoms with Crippen LogP contribution in [0, 0.1) is 0 Å². The van der Waals surface area contributed by atoms with Crippen LogP contribution >= 0.6 is 46.9 Å². The van der Waals surface area contributed by atoms with Gasteiger partial charge in [-0.2, -0.15) is 0 Å². The monoisotopic (exact) mass is 546 g/mol. The van der Waals surface area contributed by atoms with Crippen molar-refractivity contribution in [1.82, 2.24) is 9.88 Å². The van der Waals surface area contributed by atoms with Gasteiger partial charge in [-0.15, -0.1) is 35.3 Å². The van der Waals surface area contributed by atoms with Gasteiger partial charge < -0.3 is 20.4 Å². The summed E-state index contributed by atoms with van der Waals surface area (Å²) < 4.78 is 0. The fourth-order valence-corrected chi connectivity index (χ4v) is 4.74. The zero-order valence-electron chi connectivity index (χ0n) is 16.5. The van der Waals surface area contributed by atoms with Crippen LogP contribution in [-0.2, 0) is 6.42 Å². The third-order valence-corrected chi connectivity index (χ3v) is 6.56. The summed E-state index contributed by atoms with van der Waals surface area (Å²) in [5, 5.41) is 4.08. The molecular formula is C20H28ClIN6S. The average Bonchev–Trinajstić information content (AvgIpc) is 3.40. The average molecular weight is 547 g/mol. The Bertz CT molecular complexity index is 798. The summed E-state index contributed by atoms with van der Waals surface area (Å²) in [7, 11) is 0. The molecule has 2 aliphatic rings. The molecule has 9 heteroatoms. The molecule has 0 bridgehead atoms. The standard InChI is InChI=1S/C20H27ClN6S.HI/c21-16-3-5-18(6-4-16)25-11-13-26(14-12-25)19(22)23-8-7-17-15-28-20(24-17)27-9-1-2-10-27;/h3-6,15H,1-2,7-14H2,(H2,22,23);1H. The molecule has 158 valence electrons. The van der Waals surface area contributed by atoms with Crippen molar-refractivity contribution in [2.45, 2.75) is 19.3 Å². The molecule has 0 radical (unpaired) electrons. The number of thiazole rings is 1. The molecule has 1 aromatic heterocycles. The number of rotatable bonds is 5. The lowest BCUT2D eigenvalue weighted by molar-refractivity contribution is 0.381. The maximum atomic E-state index is 6.24. The molecule has 0 saturated carbocycles. The number of anilines is 2. The van der Waals surface area contributed by atoms with Gasteiger partial charge in [0.05, 0.1) is 5.69 Å². The normalized spacial score (nSPS) is 17.6. The lowest BCUT2D eigenvalue weighted by Crippen LogP contribution is -2.51. The highest BCUT2D eigenvalue weighted by Gasteiger charge is 2.19. The third-order valence-electron chi connectivity index (χ3n) is 5.35. The van der Waals surface area contributed by atoms with E-state index in [0.29, 0.717) is 12.5 Å². The summed E-state index contributed by atoms with van der Waals surface area (Å²) in [4.78, 5) is 16.3. The van der Waals surface area contributed by atoms with Crippen LogP contribution in [-0.4, -0.2) is 61.7 Å². The minimum Gasteiger partial charge on any atom is -0.370 e. The minimum absolute atomic E-state index is 0. The Morgan fingerprint density at radius 3 is 2.41 bits per heavy atom. The van der Waals surface area contributed by atoms with Crippen LogP contribution in [0.1, 0.15) is 18.5 Å². The largest absolute Gasteiger partial charge is 0.370 e. The first-order chi connectivity index (χ1) is 13.7. The van der Waals surface area contributed by atoms with Crippen molar-refractivity contribution in [3.8, 4) is 0 Å². The summed E-state index contributed by atoms with van der Waals surface area (Å²) in [6, 6.07) is 8.01. The Hall–Kier alpha value is -1.26. The molecule has 2 aromatic rings. The van der Waals surface area contributed by atoms with E-state index in [4.69, 9.17) is 22.3 Å². The van der Waals surface area contributed by atoms with Crippen molar-refractivity contribution in [3.63, 3.8) is 0 Å². The van der Waals surface area contributed by atoms with Crippen LogP contribution in [0.3, 0.4) is 0 Å². The first-order valence-electron chi connectivity index (χ1n) is 9.94. The molecule has 2 fully saturated rings. The maximum Gasteiger partial charge on any atom is 0.191 e. The van der Waals surface area contributed by atoms with E-state index in [9.17, 15) is 0 Å². The molecule has 2 N–H and O–H groups in total. The molecule has 2 saturated heterocycles. The first-order valence-corrected chi connectivity index (χ1v) is 11.2. The van der Waals surface area contributed by atoms with Crippen molar-refractivity contribution in [2.24, 2.45) is 10.7 Å². The van der Waals surface area contributed by atoms with Crippen LogP contribution in [0.4, 0.5) is 10.8 Å². The number of hydrogen-bond donors (Lipinski definition) is 1. The number of hydrogen-bond acceptors (Lipinski definition) is 5. The molecule has 0 aliphatic carbocycles. The number of halogens is 2. The van der Waals surface area contributed by atoms with Gasteiger partial charge in [-0.05, 0) is 37.1 Å². The SMILES string of the molecule is I.NC(=NCCc1csc(N2CCCC2)n1)N1CCN(c2ccc(Cl)cc2)CC1. The van der Waals surface area contributed by atoms with E-state index in [2.05, 4.69) is 37.2 Å². The van der Waals surface area contributed by atoms with E-state index < -0.39 is 0 Å². The van der Waals surface area contributed by atoms with Crippen LogP contribution in [0.25, 0.3) is 0 Å². The Balaban J connectivity index is 0.00000240. The summed E-state index contributed by atoms with van der Waals surface area (Å²) >= 11 is 7.72. The van der Waals surface area contributed by atoms with Crippen molar-refractivity contribution >= 4 is 63.7 Å². The quantitative estimate of drug-likeness (QED) is 0.352. The number of aliphatic imine (C=N–C) groups is 1. The summed E-state index contributed by atoms with van der Waals surface area (Å²) in [5.41, 5.74) is 8.56. The van der Waals surface area contributed by atoms with Crippen molar-refractivity contribution in [3.05, 3.63) is 40.4 Å². The van der Waals surface area contributed by atoms with Gasteiger partial charge in [0.1, 0.15) is 0 Å². The Morgan fingerprint density at radius 1 is 1.03 bits per heavy atom. The van der Waals surface area contributed by atoms with Crippen LogP contribution in [0.15, 0.2) is 34.6 Å². The number of aromatic nitrogens is 1. The van der Waals surface area contributed by atoms with Crippen molar-refractivity contribution < 1.29 is 0 Å². The summed E-state index contributed by atoms with van der Waals surface area (Å²) in [5.74, 6) is 0.644. The van der Waals surface area contributed by atoms with Gasteiger partial charge in [-0.25, -0.2) is 4.98 Å². The van der Waals surface area contributed by atoms with E-state index >= 15 is 0 Å². The predicted molar refractivity (Wildman–Crippen MR) is 134 cm³/mol. The van der Waals surface area contributed by atoms with Gasteiger partial charge in [-0.3, -0.25) is 4.99 Å². The van der Waals surface area contributed by atoms with Crippen molar-refractivity contribution in [2.75, 3.05) is 55.6 Å². The molecule has 4 rings (SSSR count). The Morgan fingerprint density at radius 2 is 1.72 bits per heavy atom. The highest BCUT2D eigenvalue weighted by atomic mass is 127. The van der Waals surface area contributed by atoms with Gasteiger partial charge in [0.25, 0.3) is 0 Å². The summed E-state index contributed by atoms with van der Waals surface area (Å²) in [6.07, 6.45) is 3.40. The number of piperazine rings is 1. The van der Waals surface area contributed by atoms with E-state index in [1.54, 1.807) is 11.3 Å². The Labute approximate surface area is 198 Å². The molecule has 0 unspecified atom stereocenters. The topological polar surface area (TPSA) is 61.0 Å². The van der Waals surface area contributed by atoms with Crippen LogP contribution in [0.2, 0.25) is 5.02 Å². The van der Waals surface area contributed by atoms with E-state index in [1.165, 1.54) is 18.5 Å². The molecule has 0 atom stereocenters. The molecule has 2 aliphatic heterocycles. The highest BCUT2D eigenvalue weighted by molar-refractivity contribution is 14.0. The van der Waals surface area contributed by atoms with Gasteiger partial charge in [0, 0.05) is 68.3 Å². The lowest BCUT2D eigenvalue weighted by Gasteiger charge is -2.36. The second-order valence-electron chi connectivity index (χ2n) is 7.26. The number of guanidine groups is 1. The smallest absolute Gasteiger partial charge is 0.191 e. The zero-order valence-corrected chi connectivity index (χ0v) is 20.4. The molecule has 6 nitrogen and oxygen atoms in total. The molecule has 29 heavy (non-hydrogen) atoms. The van der Waals surface area contributed by atoms with Crippen molar-refractivity contribution in [1.29, 1.82) is 0 Å². The van der Waals surface area contributed by atoms with Crippen LogP contribution in [0.5, 0.6) is 0 Å². The number of benzene rings is 1. The van der Waals surface area contributed by atoms with E-state index in [0.717, 1.165) is 61.5 Å². The van der Waals surface area contributed by atoms with Gasteiger partial charge in [0.2, 0.25) is 0 Å². The molecule has 3 heterocycles. The van der Waals surface area contributed by atoms with E-state index in [1.807, 2.05) is 12.1 Å². The number of nitrogens with zero attached hydrogens (tertiary/aromatic N) is 5. The Kier molecular flexibility index (Phi) is 8.25. The predicted octanol–water partition coefficient (Wildman–Crippen LogP) is 3.69. The second-order valence-corrected chi connectivity index (χ2v) is 8.53. The fraction of sp³-hybridized carbons (Fsp3) is 0.500. The second kappa shape index (κ2) is 10.7. The minimum atomic E-state index is 0. The van der Waals surface area contributed by atoms with Gasteiger partial charge in [-0.1, -0.05) is 11.6 Å². The van der Waals surface area contributed by atoms with Crippen LogP contribution < -0.4 is 15.5 Å². The molecule has 0 amide bonds. The maximum absolute atomic E-state index is 6.24. The highest BCUT2D eigenvalue weighted by Crippen LogP contribution is 2.24. The third kappa shape index (κ3) is 5.88. The molecular weight excluding hydrogens is 519 g/mol. The zero-order chi connectivity index (χ0) is 19.3. The van der Waals surface area contributed by atoms with E-state index in [-0.39, 0.29) is 24.0 Å². The molecule has 0 spiro atoms. The van der Waals surface area contributed by atoms with Gasteiger partial charge >= 0.3 is 0 Å². The lowest BCUT2D eigenvalue weighted by atomic mass is 10.2. The first kappa shape index (κ1) is 22.4. The summed E-state index contributed by atoms with van der Waals surface area (Å²) in [6.45, 7) is 6.60. The molecule has 1 aromatic carbocycles. The van der Waals surface area contributed by atoms with Gasteiger partial charge in [0.15, 0.2) is 11.1 Å².